The van der Waals surface area contributed by atoms with E-state index >= 15 is 0 Å². The molecule has 2 aromatic heterocycles. The Morgan fingerprint density at radius 1 is 1.17 bits per heavy atom. The minimum atomic E-state index is 0.606. The number of nitrogens with zero attached hydrogens (tertiary/aromatic N) is 4. The first-order valence-electron chi connectivity index (χ1n) is 6.39. The Balaban J connectivity index is 1.81. The lowest BCUT2D eigenvalue weighted by atomic mass is 10.0. The van der Waals surface area contributed by atoms with Crippen molar-refractivity contribution in [3.8, 4) is 0 Å². The molecule has 0 radical (unpaired) electrons. The highest BCUT2D eigenvalue weighted by molar-refractivity contribution is 9.09. The van der Waals surface area contributed by atoms with Crippen LogP contribution in [0.1, 0.15) is 25.7 Å². The smallest absolute Gasteiger partial charge is 0.182 e. The van der Waals surface area contributed by atoms with E-state index in [1.165, 1.54) is 25.7 Å². The minimum absolute atomic E-state index is 0.606. The number of aromatic amines is 1. The van der Waals surface area contributed by atoms with Gasteiger partial charge in [-0.15, -0.1) is 0 Å². The van der Waals surface area contributed by atoms with Gasteiger partial charge in [0.05, 0.1) is 6.33 Å². The molecule has 1 N–H and O–H groups in total. The van der Waals surface area contributed by atoms with Crippen molar-refractivity contribution < 1.29 is 0 Å². The maximum Gasteiger partial charge on any atom is 0.182 e. The van der Waals surface area contributed by atoms with Crippen LogP contribution in [0.4, 0.5) is 5.82 Å². The third kappa shape index (κ3) is 1.48. The fourth-order valence-electron chi connectivity index (χ4n) is 3.40. The Morgan fingerprint density at radius 2 is 1.94 bits per heavy atom. The van der Waals surface area contributed by atoms with Gasteiger partial charge in [0.1, 0.15) is 11.8 Å². The lowest BCUT2D eigenvalue weighted by molar-refractivity contribution is 0.480. The van der Waals surface area contributed by atoms with Gasteiger partial charge in [0.2, 0.25) is 0 Å². The fraction of sp³-hybridized carbons (Fsp3) is 0.583. The number of alkyl halides is 1. The molecule has 18 heavy (non-hydrogen) atoms. The predicted octanol–water partition coefficient (Wildman–Crippen LogP) is 2.25. The molecule has 2 aliphatic rings. The molecule has 2 aromatic rings. The molecule has 2 unspecified atom stereocenters. The van der Waals surface area contributed by atoms with Gasteiger partial charge in [-0.1, -0.05) is 15.9 Å². The van der Waals surface area contributed by atoms with Gasteiger partial charge in [0, 0.05) is 16.9 Å². The molecule has 94 valence electrons. The standard InChI is InChI=1S/C12H14BrN5/c13-7-3-8-1-2-9(4-7)18(8)12-10-11(15-5-14-10)16-6-17-12/h5-9H,1-4H2,(H,14,15,16,17). The van der Waals surface area contributed by atoms with Gasteiger partial charge < -0.3 is 9.88 Å². The van der Waals surface area contributed by atoms with Crippen LogP contribution >= 0.6 is 15.9 Å². The van der Waals surface area contributed by atoms with Crippen molar-refractivity contribution in [2.75, 3.05) is 4.90 Å². The fourth-order valence-corrected chi connectivity index (χ4v) is 4.27. The molecule has 4 rings (SSSR count). The van der Waals surface area contributed by atoms with Crippen molar-refractivity contribution in [2.24, 2.45) is 0 Å². The maximum atomic E-state index is 4.50. The number of nitrogens with one attached hydrogen (secondary N) is 1. The van der Waals surface area contributed by atoms with Gasteiger partial charge in [-0.05, 0) is 25.7 Å². The summed E-state index contributed by atoms with van der Waals surface area (Å²) in [4.78, 5) is 19.2. The number of rotatable bonds is 1. The van der Waals surface area contributed by atoms with Crippen molar-refractivity contribution in [3.05, 3.63) is 12.7 Å². The molecule has 2 saturated heterocycles. The zero-order valence-electron chi connectivity index (χ0n) is 9.88. The molecule has 0 amide bonds. The van der Waals surface area contributed by atoms with Gasteiger partial charge in [0.15, 0.2) is 11.5 Å². The molecule has 0 saturated carbocycles. The van der Waals surface area contributed by atoms with Crippen LogP contribution in [-0.4, -0.2) is 36.8 Å². The number of halogens is 1. The molecule has 0 aliphatic carbocycles. The summed E-state index contributed by atoms with van der Waals surface area (Å²) in [6, 6.07) is 1.21. The average molecular weight is 308 g/mol. The summed E-state index contributed by atoms with van der Waals surface area (Å²) in [6.07, 6.45) is 8.27. The van der Waals surface area contributed by atoms with E-state index in [4.69, 9.17) is 0 Å². The van der Waals surface area contributed by atoms with E-state index in [2.05, 4.69) is 40.8 Å². The molecule has 0 spiro atoms. The average Bonchev–Trinajstić information content (AvgIpc) is 2.92. The Morgan fingerprint density at radius 3 is 2.72 bits per heavy atom. The second-order valence-corrected chi connectivity index (χ2v) is 6.45. The summed E-state index contributed by atoms with van der Waals surface area (Å²) >= 11 is 3.77. The first-order chi connectivity index (χ1) is 8.83. The molecule has 6 heteroatoms. The van der Waals surface area contributed by atoms with Gasteiger partial charge in [-0.25, -0.2) is 15.0 Å². The molecule has 2 aliphatic heterocycles. The lowest BCUT2D eigenvalue weighted by Gasteiger charge is -2.38. The zero-order valence-corrected chi connectivity index (χ0v) is 11.5. The number of piperidine rings is 1. The molecule has 5 nitrogen and oxygen atoms in total. The number of aromatic nitrogens is 4. The van der Waals surface area contributed by atoms with Gasteiger partial charge in [0.25, 0.3) is 0 Å². The first kappa shape index (κ1) is 10.7. The first-order valence-corrected chi connectivity index (χ1v) is 7.31. The van der Waals surface area contributed by atoms with Crippen molar-refractivity contribution in [3.63, 3.8) is 0 Å². The van der Waals surface area contributed by atoms with Crippen LogP contribution in [-0.2, 0) is 0 Å². The minimum Gasteiger partial charge on any atom is -0.349 e. The summed E-state index contributed by atoms with van der Waals surface area (Å²) in [5, 5.41) is 0. The van der Waals surface area contributed by atoms with E-state index in [9.17, 15) is 0 Å². The van der Waals surface area contributed by atoms with Crippen LogP contribution in [0, 0.1) is 0 Å². The van der Waals surface area contributed by atoms with Crippen LogP contribution in [0.5, 0.6) is 0 Å². The summed E-state index contributed by atoms with van der Waals surface area (Å²) in [5.74, 6) is 1.03. The highest BCUT2D eigenvalue weighted by Crippen LogP contribution is 2.41. The SMILES string of the molecule is BrC1CC2CCC(C1)N2c1ncnc2nc[nH]c12. The van der Waals surface area contributed by atoms with E-state index < -0.39 is 0 Å². The summed E-state index contributed by atoms with van der Waals surface area (Å²) in [5.41, 5.74) is 1.74. The van der Waals surface area contributed by atoms with Crippen LogP contribution < -0.4 is 4.90 Å². The van der Waals surface area contributed by atoms with Crippen LogP contribution in [0.15, 0.2) is 12.7 Å². The molecular weight excluding hydrogens is 294 g/mol. The van der Waals surface area contributed by atoms with Crippen LogP contribution in [0.3, 0.4) is 0 Å². The van der Waals surface area contributed by atoms with Gasteiger partial charge in [-0.2, -0.15) is 0 Å². The highest BCUT2D eigenvalue weighted by atomic mass is 79.9. The number of fused-ring (bicyclic) bond motifs is 3. The predicted molar refractivity (Wildman–Crippen MR) is 72.9 cm³/mol. The van der Waals surface area contributed by atoms with Crippen LogP contribution in [0.2, 0.25) is 0 Å². The number of imidazole rings is 1. The highest BCUT2D eigenvalue weighted by Gasteiger charge is 2.41. The Bertz CT molecular complexity index is 569. The van der Waals surface area contributed by atoms with E-state index in [1.54, 1.807) is 12.7 Å². The topological polar surface area (TPSA) is 57.7 Å². The second kappa shape index (κ2) is 3.91. The molecule has 0 aromatic carbocycles. The third-order valence-electron chi connectivity index (χ3n) is 4.12. The second-order valence-electron chi connectivity index (χ2n) is 5.16. The molecule has 4 heterocycles. The number of hydrogen-bond donors (Lipinski definition) is 1. The van der Waals surface area contributed by atoms with Crippen molar-refractivity contribution >= 4 is 32.9 Å². The Kier molecular flexibility index (Phi) is 2.33. The number of anilines is 1. The molecule has 2 fully saturated rings. The quantitative estimate of drug-likeness (QED) is 0.821. The summed E-state index contributed by atoms with van der Waals surface area (Å²) in [7, 11) is 0. The Hall–Kier alpha value is -1.17. The number of hydrogen-bond acceptors (Lipinski definition) is 4. The molecule has 2 bridgehead atoms. The van der Waals surface area contributed by atoms with Crippen LogP contribution in [0.25, 0.3) is 11.2 Å². The summed E-state index contributed by atoms with van der Waals surface area (Å²) in [6.45, 7) is 0. The van der Waals surface area contributed by atoms with E-state index in [0.717, 1.165) is 17.0 Å². The summed E-state index contributed by atoms with van der Waals surface area (Å²) < 4.78 is 0. The van der Waals surface area contributed by atoms with Crippen molar-refractivity contribution in [2.45, 2.75) is 42.6 Å². The monoisotopic (exact) mass is 307 g/mol. The van der Waals surface area contributed by atoms with Crippen molar-refractivity contribution in [1.82, 2.24) is 19.9 Å². The van der Waals surface area contributed by atoms with Crippen molar-refractivity contribution in [1.29, 1.82) is 0 Å². The maximum absolute atomic E-state index is 4.50. The van der Waals surface area contributed by atoms with E-state index in [0.29, 0.717) is 16.9 Å². The Labute approximate surface area is 113 Å². The lowest BCUT2D eigenvalue weighted by Crippen LogP contribution is -2.43. The zero-order chi connectivity index (χ0) is 12.1. The number of H-pyrrole nitrogens is 1. The van der Waals surface area contributed by atoms with Gasteiger partial charge >= 0.3 is 0 Å². The largest absolute Gasteiger partial charge is 0.349 e. The van der Waals surface area contributed by atoms with Gasteiger partial charge in [-0.3, -0.25) is 0 Å². The van der Waals surface area contributed by atoms with E-state index in [1.807, 2.05) is 0 Å². The molecular formula is C12H14BrN5. The third-order valence-corrected chi connectivity index (χ3v) is 4.87. The normalized spacial score (nSPS) is 31.2. The molecule has 2 atom stereocenters. The van der Waals surface area contributed by atoms with E-state index in [-0.39, 0.29) is 0 Å².